The zero-order valence-electron chi connectivity index (χ0n) is 17.6. The largest absolute Gasteiger partial charge is 0.326 e. The molecule has 1 saturated carbocycles. The lowest BCUT2D eigenvalue weighted by Crippen LogP contribution is -2.39. The van der Waals surface area contributed by atoms with Crippen molar-refractivity contribution in [2.24, 2.45) is 0 Å². The van der Waals surface area contributed by atoms with Crippen molar-refractivity contribution in [3.8, 4) is 16.9 Å². The Bertz CT molecular complexity index is 1270. The summed E-state index contributed by atoms with van der Waals surface area (Å²) in [5.74, 6) is -0.500. The van der Waals surface area contributed by atoms with Gasteiger partial charge in [0.1, 0.15) is 12.4 Å². The van der Waals surface area contributed by atoms with Gasteiger partial charge in [-0.3, -0.25) is 19.5 Å². The molecule has 0 unspecified atom stereocenters. The zero-order valence-corrected chi connectivity index (χ0v) is 18.5. The molecule has 1 aliphatic rings. The molecule has 166 valence electrons. The highest BCUT2D eigenvalue weighted by atomic mass is 32.1. The molecular formula is C25H21FN4O2S. The topological polar surface area (TPSA) is 67.2 Å². The number of imidazole rings is 1. The van der Waals surface area contributed by atoms with Crippen LogP contribution in [0, 0.1) is 5.82 Å². The Labute approximate surface area is 194 Å². The van der Waals surface area contributed by atoms with Gasteiger partial charge in [0.05, 0.1) is 10.6 Å². The predicted molar refractivity (Wildman–Crippen MR) is 126 cm³/mol. The molecule has 2 aromatic carbocycles. The van der Waals surface area contributed by atoms with Crippen LogP contribution in [0.1, 0.15) is 22.5 Å². The van der Waals surface area contributed by atoms with Crippen LogP contribution in [0.2, 0.25) is 0 Å². The van der Waals surface area contributed by atoms with E-state index in [2.05, 4.69) is 10.3 Å². The molecule has 0 saturated heterocycles. The summed E-state index contributed by atoms with van der Waals surface area (Å²) in [5.41, 5.74) is 2.22. The smallest absolute Gasteiger partial charge is 0.264 e. The molecule has 2 amide bonds. The van der Waals surface area contributed by atoms with E-state index in [0.29, 0.717) is 22.2 Å². The van der Waals surface area contributed by atoms with Crippen LogP contribution in [0.3, 0.4) is 0 Å². The first kappa shape index (κ1) is 21.1. The Balaban J connectivity index is 1.41. The summed E-state index contributed by atoms with van der Waals surface area (Å²) in [6.45, 7) is -0.0572. The van der Waals surface area contributed by atoms with Crippen LogP contribution in [0.4, 0.5) is 10.3 Å². The highest BCUT2D eigenvalue weighted by Gasteiger charge is 2.35. The Hall–Kier alpha value is -3.78. The number of carbonyl (C=O) groups excluding carboxylic acids is 2. The lowest BCUT2D eigenvalue weighted by molar-refractivity contribution is -0.117. The number of benzene rings is 2. The van der Waals surface area contributed by atoms with Crippen LogP contribution < -0.4 is 5.32 Å². The van der Waals surface area contributed by atoms with Gasteiger partial charge in [0, 0.05) is 23.5 Å². The van der Waals surface area contributed by atoms with Crippen LogP contribution in [0.25, 0.3) is 16.9 Å². The second kappa shape index (κ2) is 8.99. The number of amides is 2. The molecule has 1 fully saturated rings. The minimum atomic E-state index is -0.347. The molecule has 2 aromatic heterocycles. The summed E-state index contributed by atoms with van der Waals surface area (Å²) >= 11 is 1.37. The monoisotopic (exact) mass is 460 g/mol. The fraction of sp³-hybridized carbons (Fsp3) is 0.160. The molecule has 0 bridgehead atoms. The van der Waals surface area contributed by atoms with E-state index in [0.717, 1.165) is 18.4 Å². The Morgan fingerprint density at radius 2 is 1.82 bits per heavy atom. The van der Waals surface area contributed by atoms with Gasteiger partial charge < -0.3 is 4.90 Å². The fourth-order valence-corrected chi connectivity index (χ4v) is 4.31. The van der Waals surface area contributed by atoms with Gasteiger partial charge >= 0.3 is 0 Å². The van der Waals surface area contributed by atoms with Gasteiger partial charge in [0.25, 0.3) is 5.91 Å². The van der Waals surface area contributed by atoms with Crippen LogP contribution >= 0.6 is 11.3 Å². The van der Waals surface area contributed by atoms with Gasteiger partial charge in [-0.05, 0) is 48.6 Å². The number of carbonyl (C=O) groups is 2. The molecule has 0 atom stereocenters. The molecule has 4 aromatic rings. The highest BCUT2D eigenvalue weighted by Crippen LogP contribution is 2.29. The third kappa shape index (κ3) is 4.70. The molecular weight excluding hydrogens is 439 g/mol. The van der Waals surface area contributed by atoms with Gasteiger partial charge in [-0.15, -0.1) is 11.3 Å². The quantitative estimate of drug-likeness (QED) is 0.423. The number of hydrogen-bond donors (Lipinski definition) is 1. The standard InChI is InChI=1S/C25H21FN4O2S/c26-18-8-10-20(11-9-18)30-15-21(17-5-2-1-3-6-17)27-25(30)28-23(31)16-29(19-12-13-19)24(32)22-7-4-14-33-22/h1-11,14-15,19H,12-13,16H2,(H,27,28,31). The van der Waals surface area contributed by atoms with Crippen LogP contribution in [-0.4, -0.2) is 38.9 Å². The van der Waals surface area contributed by atoms with E-state index in [4.69, 9.17) is 0 Å². The van der Waals surface area contributed by atoms with Crippen molar-refractivity contribution < 1.29 is 14.0 Å². The minimum absolute atomic E-state index is 0.0572. The van der Waals surface area contributed by atoms with Crippen LogP contribution in [0.15, 0.2) is 78.3 Å². The maximum atomic E-state index is 13.5. The van der Waals surface area contributed by atoms with E-state index in [9.17, 15) is 14.0 Å². The van der Waals surface area contributed by atoms with Gasteiger partial charge in [0.2, 0.25) is 11.9 Å². The number of aromatic nitrogens is 2. The van der Waals surface area contributed by atoms with Crippen LogP contribution in [-0.2, 0) is 4.79 Å². The number of halogens is 1. The molecule has 1 aliphatic carbocycles. The van der Waals surface area contributed by atoms with Crippen molar-refractivity contribution in [1.29, 1.82) is 0 Å². The van der Waals surface area contributed by atoms with Crippen molar-refractivity contribution in [3.63, 3.8) is 0 Å². The number of nitrogens with zero attached hydrogens (tertiary/aromatic N) is 3. The molecule has 1 N–H and O–H groups in total. The van der Waals surface area contributed by atoms with Crippen molar-refractivity contribution in [3.05, 3.63) is 89.0 Å². The summed E-state index contributed by atoms with van der Waals surface area (Å²) in [7, 11) is 0. The second-order valence-corrected chi connectivity index (χ2v) is 8.80. The van der Waals surface area contributed by atoms with Gasteiger partial charge in [0.15, 0.2) is 0 Å². The molecule has 0 spiro atoms. The first-order chi connectivity index (χ1) is 16.1. The Kier molecular flexibility index (Phi) is 5.75. The summed E-state index contributed by atoms with van der Waals surface area (Å²) < 4.78 is 15.2. The van der Waals surface area contributed by atoms with Crippen molar-refractivity contribution in [1.82, 2.24) is 14.5 Å². The molecule has 33 heavy (non-hydrogen) atoms. The van der Waals surface area contributed by atoms with Gasteiger partial charge in [-0.1, -0.05) is 36.4 Å². The van der Waals surface area contributed by atoms with E-state index in [1.165, 1.54) is 23.5 Å². The maximum absolute atomic E-state index is 13.5. The lowest BCUT2D eigenvalue weighted by Gasteiger charge is -2.21. The average Bonchev–Trinajstić information content (AvgIpc) is 3.35. The van der Waals surface area contributed by atoms with E-state index in [1.54, 1.807) is 33.9 Å². The molecule has 0 radical (unpaired) electrons. The van der Waals surface area contributed by atoms with Crippen molar-refractivity contribution in [2.75, 3.05) is 11.9 Å². The first-order valence-electron chi connectivity index (χ1n) is 10.6. The fourth-order valence-electron chi connectivity index (χ4n) is 3.63. The van der Waals surface area contributed by atoms with Gasteiger partial charge in [-0.25, -0.2) is 9.37 Å². The normalized spacial score (nSPS) is 13.0. The van der Waals surface area contributed by atoms with E-state index >= 15 is 0 Å². The third-order valence-corrected chi connectivity index (χ3v) is 6.28. The summed E-state index contributed by atoms with van der Waals surface area (Å²) in [4.78, 5) is 32.7. The number of nitrogens with one attached hydrogen (secondary N) is 1. The van der Waals surface area contributed by atoms with E-state index in [-0.39, 0.29) is 30.2 Å². The zero-order chi connectivity index (χ0) is 22.8. The Morgan fingerprint density at radius 3 is 2.48 bits per heavy atom. The number of anilines is 1. The van der Waals surface area contributed by atoms with Gasteiger partial charge in [-0.2, -0.15) is 0 Å². The molecule has 2 heterocycles. The lowest BCUT2D eigenvalue weighted by atomic mass is 10.2. The summed E-state index contributed by atoms with van der Waals surface area (Å²) in [5, 5.41) is 4.71. The summed E-state index contributed by atoms with van der Waals surface area (Å²) in [6.07, 6.45) is 3.59. The van der Waals surface area contributed by atoms with Crippen molar-refractivity contribution in [2.45, 2.75) is 18.9 Å². The van der Waals surface area contributed by atoms with Crippen LogP contribution in [0.5, 0.6) is 0 Å². The SMILES string of the molecule is O=C(CN(C(=O)c1cccs1)C1CC1)Nc1nc(-c2ccccc2)cn1-c1ccc(F)cc1. The predicted octanol–water partition coefficient (Wildman–Crippen LogP) is 4.98. The molecule has 8 heteroatoms. The van der Waals surface area contributed by atoms with E-state index < -0.39 is 0 Å². The molecule has 6 nitrogen and oxygen atoms in total. The number of rotatable bonds is 7. The average molecular weight is 461 g/mol. The number of hydrogen-bond acceptors (Lipinski definition) is 4. The Morgan fingerprint density at radius 1 is 1.06 bits per heavy atom. The maximum Gasteiger partial charge on any atom is 0.264 e. The third-order valence-electron chi connectivity index (χ3n) is 5.43. The number of thiophene rings is 1. The highest BCUT2D eigenvalue weighted by molar-refractivity contribution is 7.12. The van der Waals surface area contributed by atoms with E-state index in [1.807, 2.05) is 41.8 Å². The first-order valence-corrected chi connectivity index (χ1v) is 11.5. The minimum Gasteiger partial charge on any atom is -0.326 e. The van der Waals surface area contributed by atoms with Crippen molar-refractivity contribution >= 4 is 29.1 Å². The summed E-state index contributed by atoms with van der Waals surface area (Å²) in [6, 6.07) is 19.2. The molecule has 0 aliphatic heterocycles. The second-order valence-electron chi connectivity index (χ2n) is 7.85. The molecule has 5 rings (SSSR count).